The van der Waals surface area contributed by atoms with Crippen LogP contribution in [-0.4, -0.2) is 70.4 Å². The van der Waals surface area contributed by atoms with Gasteiger partial charge in [-0.05, 0) is 0 Å². The number of hydrogen-bond acceptors (Lipinski definition) is 10. The maximum atomic E-state index is 12.4. The van der Waals surface area contributed by atoms with Crippen molar-refractivity contribution in [2.75, 3.05) is 19.5 Å². The predicted octanol–water partition coefficient (Wildman–Crippen LogP) is -2.73. The van der Waals surface area contributed by atoms with E-state index in [0.717, 1.165) is 11.3 Å². The molecule has 0 saturated carbocycles. The minimum absolute atomic E-state index is 0.105. The van der Waals surface area contributed by atoms with Gasteiger partial charge in [0.25, 0.3) is 11.8 Å². The zero-order valence-electron chi connectivity index (χ0n) is 13.2. The Kier molecular flexibility index (Phi) is 5.68. The fourth-order valence-electron chi connectivity index (χ4n) is 2.05. The maximum absolute atomic E-state index is 12.4. The minimum Gasteiger partial charge on any atom is -0.479 e. The zero-order valence-corrected chi connectivity index (χ0v) is 14.1. The molecule has 0 aromatic carbocycles. The molecule has 2 rings (SSSR count). The number of carbonyl (C=O) groups excluding carboxylic acids is 3. The molecule has 0 aliphatic carbocycles. The lowest BCUT2D eigenvalue weighted by molar-refractivity contribution is -0.234. The SMILES string of the molecule is CON=C(C(=O)N[C@@H]1C(=O)N(OCC(=O)O)[C@@H]1C(N)=O)c1csc(N)n1. The number of nitrogens with zero attached hydrogens (tertiary/aromatic N) is 3. The standard InChI is InChI=1S/C12H14N6O7S/c1-24-17-6(4-3-26-12(14)15-4)10(22)16-7-8(9(13)21)18(11(7)23)25-2-5(19)20/h3,7-8H,2H2,1H3,(H2,13,21)(H2,14,15)(H,16,22)(H,19,20)/t7-,8-/m0/s1. The Bertz CT molecular complexity index is 778. The third-order valence-electron chi connectivity index (χ3n) is 3.12. The number of thiazole rings is 1. The molecule has 0 radical (unpaired) electrons. The van der Waals surface area contributed by atoms with Crippen LogP contribution in [0.3, 0.4) is 0 Å². The highest BCUT2D eigenvalue weighted by molar-refractivity contribution is 7.13. The molecule has 1 aliphatic rings. The third kappa shape index (κ3) is 3.86. The van der Waals surface area contributed by atoms with Gasteiger partial charge in [0.2, 0.25) is 5.91 Å². The fraction of sp³-hybridized carbons (Fsp3) is 0.333. The van der Waals surface area contributed by atoms with Crippen molar-refractivity contribution in [3.63, 3.8) is 0 Å². The van der Waals surface area contributed by atoms with Crippen LogP contribution in [0.15, 0.2) is 10.5 Å². The number of carbonyl (C=O) groups is 4. The van der Waals surface area contributed by atoms with Crippen LogP contribution in [0.2, 0.25) is 0 Å². The van der Waals surface area contributed by atoms with Gasteiger partial charge < -0.3 is 26.7 Å². The van der Waals surface area contributed by atoms with Crippen LogP contribution in [0, 0.1) is 0 Å². The quantitative estimate of drug-likeness (QED) is 0.208. The Morgan fingerprint density at radius 3 is 2.69 bits per heavy atom. The van der Waals surface area contributed by atoms with Crippen molar-refractivity contribution in [1.29, 1.82) is 0 Å². The summed E-state index contributed by atoms with van der Waals surface area (Å²) in [4.78, 5) is 59.6. The Morgan fingerprint density at radius 1 is 1.50 bits per heavy atom. The van der Waals surface area contributed by atoms with Crippen molar-refractivity contribution in [2.24, 2.45) is 10.9 Å². The first-order valence-electron chi connectivity index (χ1n) is 6.86. The van der Waals surface area contributed by atoms with E-state index in [2.05, 4.69) is 25.1 Å². The number of nitrogens with two attached hydrogens (primary N) is 2. The number of rotatable bonds is 8. The topological polar surface area (TPSA) is 200 Å². The number of β-lactam (4-membered cyclic amide) rings is 1. The molecule has 1 aromatic rings. The van der Waals surface area contributed by atoms with Gasteiger partial charge >= 0.3 is 5.97 Å². The van der Waals surface area contributed by atoms with Crippen molar-refractivity contribution in [3.05, 3.63) is 11.1 Å². The van der Waals surface area contributed by atoms with Crippen molar-refractivity contribution < 1.29 is 34.0 Å². The van der Waals surface area contributed by atoms with Gasteiger partial charge in [-0.1, -0.05) is 5.16 Å². The van der Waals surface area contributed by atoms with Gasteiger partial charge in [0.1, 0.15) is 18.8 Å². The first-order valence-corrected chi connectivity index (χ1v) is 7.74. The number of primary amides is 1. The molecule has 140 valence electrons. The van der Waals surface area contributed by atoms with Crippen molar-refractivity contribution in [3.8, 4) is 0 Å². The number of hydrogen-bond donors (Lipinski definition) is 4. The molecule has 0 unspecified atom stereocenters. The van der Waals surface area contributed by atoms with Crippen LogP contribution < -0.4 is 16.8 Å². The molecule has 14 heteroatoms. The summed E-state index contributed by atoms with van der Waals surface area (Å²) >= 11 is 1.06. The summed E-state index contributed by atoms with van der Waals surface area (Å²) in [6, 6.07) is -2.73. The number of aromatic nitrogens is 1. The van der Waals surface area contributed by atoms with E-state index in [9.17, 15) is 19.2 Å². The van der Waals surface area contributed by atoms with Gasteiger partial charge in [-0.25, -0.2) is 14.8 Å². The highest BCUT2D eigenvalue weighted by Gasteiger charge is 2.53. The lowest BCUT2D eigenvalue weighted by Gasteiger charge is -2.43. The molecule has 2 heterocycles. The summed E-state index contributed by atoms with van der Waals surface area (Å²) in [6.45, 7) is -0.856. The monoisotopic (exact) mass is 386 g/mol. The van der Waals surface area contributed by atoms with E-state index in [1.54, 1.807) is 0 Å². The van der Waals surface area contributed by atoms with E-state index < -0.39 is 42.4 Å². The number of carboxylic acid groups (broad SMARTS) is 1. The molecule has 3 amide bonds. The van der Waals surface area contributed by atoms with Crippen LogP contribution in [0.1, 0.15) is 5.69 Å². The van der Waals surface area contributed by atoms with E-state index in [-0.39, 0.29) is 16.5 Å². The van der Waals surface area contributed by atoms with Crippen LogP contribution in [0.25, 0.3) is 0 Å². The van der Waals surface area contributed by atoms with E-state index in [4.69, 9.17) is 16.6 Å². The Hall–Kier alpha value is -3.26. The number of oxime groups is 1. The lowest BCUT2D eigenvalue weighted by atomic mass is 9.97. The molecule has 6 N–H and O–H groups in total. The highest BCUT2D eigenvalue weighted by Crippen LogP contribution is 2.21. The molecule has 2 atom stereocenters. The Labute approximate surface area is 149 Å². The van der Waals surface area contributed by atoms with Gasteiger partial charge in [-0.3, -0.25) is 19.2 Å². The average Bonchev–Trinajstić information content (AvgIpc) is 2.99. The smallest absolute Gasteiger partial charge is 0.332 e. The van der Waals surface area contributed by atoms with Crippen LogP contribution in [0.5, 0.6) is 0 Å². The molecular formula is C12H14N6O7S. The van der Waals surface area contributed by atoms with E-state index >= 15 is 0 Å². The predicted molar refractivity (Wildman–Crippen MR) is 85.4 cm³/mol. The second kappa shape index (κ2) is 7.75. The molecule has 1 saturated heterocycles. The van der Waals surface area contributed by atoms with Crippen LogP contribution >= 0.6 is 11.3 Å². The zero-order chi connectivity index (χ0) is 19.4. The van der Waals surface area contributed by atoms with Gasteiger partial charge in [0, 0.05) is 5.38 Å². The number of hydroxylamine groups is 2. The summed E-state index contributed by atoms with van der Waals surface area (Å²) in [5, 5.41) is 16.5. The largest absolute Gasteiger partial charge is 0.479 e. The number of nitrogen functional groups attached to an aromatic ring is 1. The van der Waals surface area contributed by atoms with Gasteiger partial charge in [0.05, 0.1) is 0 Å². The van der Waals surface area contributed by atoms with E-state index in [0.29, 0.717) is 5.06 Å². The first-order chi connectivity index (χ1) is 12.3. The molecular weight excluding hydrogens is 372 g/mol. The normalized spacial score (nSPS) is 19.7. The Balaban J connectivity index is 2.13. The number of aliphatic carboxylic acids is 1. The van der Waals surface area contributed by atoms with E-state index in [1.165, 1.54) is 12.5 Å². The van der Waals surface area contributed by atoms with Gasteiger partial charge in [0.15, 0.2) is 23.5 Å². The number of carboxylic acids is 1. The second-order valence-corrected chi connectivity index (χ2v) is 5.71. The molecule has 1 aliphatic heterocycles. The average molecular weight is 386 g/mol. The molecule has 0 spiro atoms. The highest BCUT2D eigenvalue weighted by atomic mass is 32.1. The van der Waals surface area contributed by atoms with Crippen LogP contribution in [-0.2, 0) is 28.9 Å². The maximum Gasteiger partial charge on any atom is 0.332 e. The molecule has 1 aromatic heterocycles. The first kappa shape index (κ1) is 19.1. The van der Waals surface area contributed by atoms with Crippen molar-refractivity contribution in [2.45, 2.75) is 12.1 Å². The number of amides is 3. The summed E-state index contributed by atoms with van der Waals surface area (Å²) in [7, 11) is 1.20. The lowest BCUT2D eigenvalue weighted by Crippen LogP contribution is -2.74. The van der Waals surface area contributed by atoms with Crippen molar-refractivity contribution in [1.82, 2.24) is 15.4 Å². The molecule has 13 nitrogen and oxygen atoms in total. The number of nitrogens with one attached hydrogen (secondary N) is 1. The summed E-state index contributed by atoms with van der Waals surface area (Å²) in [5.74, 6) is -4.08. The molecule has 26 heavy (non-hydrogen) atoms. The third-order valence-corrected chi connectivity index (χ3v) is 3.79. The Morgan fingerprint density at radius 2 is 2.19 bits per heavy atom. The van der Waals surface area contributed by atoms with Gasteiger partial charge in [-0.15, -0.1) is 11.3 Å². The summed E-state index contributed by atoms with van der Waals surface area (Å²) < 4.78 is 0. The number of anilines is 1. The van der Waals surface area contributed by atoms with Crippen molar-refractivity contribution >= 4 is 45.9 Å². The minimum atomic E-state index is -1.38. The van der Waals surface area contributed by atoms with E-state index in [1.807, 2.05) is 0 Å². The fourth-order valence-corrected chi connectivity index (χ4v) is 2.60. The molecule has 0 bridgehead atoms. The molecule has 1 fully saturated rings. The van der Waals surface area contributed by atoms with Gasteiger partial charge in [-0.2, -0.15) is 0 Å². The summed E-state index contributed by atoms with van der Waals surface area (Å²) in [5.41, 5.74) is 10.5. The second-order valence-electron chi connectivity index (χ2n) is 4.82. The van der Waals surface area contributed by atoms with Crippen LogP contribution in [0.4, 0.5) is 5.13 Å². The summed E-state index contributed by atoms with van der Waals surface area (Å²) in [6.07, 6.45) is 0.